The van der Waals surface area contributed by atoms with Gasteiger partial charge >= 0.3 is 5.97 Å². The van der Waals surface area contributed by atoms with E-state index in [0.717, 1.165) is 11.8 Å². The molecular formula is C16H22O3. The van der Waals surface area contributed by atoms with Gasteiger partial charge in [0, 0.05) is 5.57 Å². The van der Waals surface area contributed by atoms with Crippen LogP contribution in [0, 0.1) is 29.6 Å². The van der Waals surface area contributed by atoms with Crippen molar-refractivity contribution in [1.29, 1.82) is 0 Å². The van der Waals surface area contributed by atoms with Gasteiger partial charge in [-0.05, 0) is 68.6 Å². The molecule has 0 amide bonds. The summed E-state index contributed by atoms with van der Waals surface area (Å²) < 4.78 is 0. The molecule has 4 aliphatic rings. The largest absolute Gasteiger partial charge is 0.481 e. The van der Waals surface area contributed by atoms with E-state index in [1.807, 2.05) is 6.08 Å². The Labute approximate surface area is 114 Å². The molecule has 3 heteroatoms. The van der Waals surface area contributed by atoms with Gasteiger partial charge in [-0.25, -0.2) is 0 Å². The van der Waals surface area contributed by atoms with Crippen molar-refractivity contribution < 1.29 is 14.7 Å². The zero-order valence-corrected chi connectivity index (χ0v) is 11.5. The summed E-state index contributed by atoms with van der Waals surface area (Å²) >= 11 is 0. The molecule has 0 aromatic carbocycles. The summed E-state index contributed by atoms with van der Waals surface area (Å²) in [5, 5.41) is 8.92. The molecule has 0 heterocycles. The van der Waals surface area contributed by atoms with E-state index < -0.39 is 5.97 Å². The lowest BCUT2D eigenvalue weighted by Crippen LogP contribution is -2.44. The van der Waals surface area contributed by atoms with E-state index in [1.165, 1.54) is 39.0 Å². The van der Waals surface area contributed by atoms with Gasteiger partial charge in [-0.15, -0.1) is 0 Å². The summed E-state index contributed by atoms with van der Waals surface area (Å²) in [5.41, 5.74) is 0.518. The van der Waals surface area contributed by atoms with Crippen LogP contribution in [0.15, 0.2) is 11.6 Å². The minimum absolute atomic E-state index is 0.0730. The molecule has 1 N–H and O–H groups in total. The first-order valence-corrected chi connectivity index (χ1v) is 7.46. The summed E-state index contributed by atoms with van der Waals surface area (Å²) in [4.78, 5) is 22.5. The highest BCUT2D eigenvalue weighted by atomic mass is 16.4. The highest BCUT2D eigenvalue weighted by molar-refractivity contribution is 5.97. The number of carboxylic acids is 1. The molecule has 0 aromatic rings. The number of carbonyl (C=O) groups excluding carboxylic acids is 1. The highest BCUT2D eigenvalue weighted by Gasteiger charge is 2.47. The first-order valence-electron chi connectivity index (χ1n) is 7.46. The fourth-order valence-electron chi connectivity index (χ4n) is 4.94. The molecule has 0 spiro atoms. The Morgan fingerprint density at radius 2 is 1.58 bits per heavy atom. The lowest BCUT2D eigenvalue weighted by molar-refractivity contribution is -0.136. The molecule has 4 saturated carbocycles. The van der Waals surface area contributed by atoms with Crippen LogP contribution in [0.1, 0.15) is 45.4 Å². The number of Topliss-reactive ketones (excluding diaryl/α,β-unsaturated/α-hetero) is 1. The Morgan fingerprint density at radius 1 is 1.05 bits per heavy atom. The number of allylic oxidation sites excluding steroid dienone is 1. The van der Waals surface area contributed by atoms with Gasteiger partial charge in [0.2, 0.25) is 0 Å². The van der Waals surface area contributed by atoms with Gasteiger partial charge in [-0.1, -0.05) is 6.08 Å². The van der Waals surface area contributed by atoms with Gasteiger partial charge in [0.25, 0.3) is 0 Å². The van der Waals surface area contributed by atoms with E-state index in [4.69, 9.17) is 5.11 Å². The van der Waals surface area contributed by atoms with Crippen molar-refractivity contribution in [2.75, 3.05) is 0 Å². The first kappa shape index (κ1) is 12.9. The fourth-order valence-corrected chi connectivity index (χ4v) is 4.94. The van der Waals surface area contributed by atoms with Gasteiger partial charge in [-0.2, -0.15) is 0 Å². The molecule has 0 saturated heterocycles. The molecule has 0 radical (unpaired) electrons. The quantitative estimate of drug-likeness (QED) is 0.792. The number of ketones is 1. The maximum Gasteiger partial charge on any atom is 0.307 e. The van der Waals surface area contributed by atoms with Crippen LogP contribution in [-0.2, 0) is 9.59 Å². The van der Waals surface area contributed by atoms with Crippen molar-refractivity contribution in [3.8, 4) is 0 Å². The van der Waals surface area contributed by atoms with Gasteiger partial charge in [0.05, 0.1) is 6.42 Å². The smallest absolute Gasteiger partial charge is 0.307 e. The molecule has 0 unspecified atom stereocenters. The summed E-state index contributed by atoms with van der Waals surface area (Å²) in [6, 6.07) is 0. The van der Waals surface area contributed by atoms with E-state index >= 15 is 0 Å². The van der Waals surface area contributed by atoms with Crippen LogP contribution in [0.25, 0.3) is 0 Å². The highest BCUT2D eigenvalue weighted by Crippen LogP contribution is 2.57. The van der Waals surface area contributed by atoms with E-state index in [0.29, 0.717) is 23.3 Å². The van der Waals surface area contributed by atoms with Crippen molar-refractivity contribution in [3.63, 3.8) is 0 Å². The normalized spacial score (nSPS) is 40.5. The molecule has 104 valence electrons. The van der Waals surface area contributed by atoms with Gasteiger partial charge in [0.1, 0.15) is 0 Å². The van der Waals surface area contributed by atoms with Crippen molar-refractivity contribution in [2.24, 2.45) is 29.6 Å². The van der Waals surface area contributed by atoms with E-state index in [2.05, 4.69) is 0 Å². The molecule has 4 bridgehead atoms. The van der Waals surface area contributed by atoms with Crippen molar-refractivity contribution in [3.05, 3.63) is 11.6 Å². The fraction of sp³-hybridized carbons (Fsp3) is 0.750. The Balaban J connectivity index is 1.81. The van der Waals surface area contributed by atoms with Gasteiger partial charge < -0.3 is 5.11 Å². The Morgan fingerprint density at radius 3 is 2.00 bits per heavy atom. The summed E-state index contributed by atoms with van der Waals surface area (Å²) in [6.45, 7) is 1.49. The molecule has 4 rings (SSSR count). The Hall–Kier alpha value is -1.12. The lowest BCUT2D eigenvalue weighted by Gasteiger charge is -2.54. The van der Waals surface area contributed by atoms with Crippen LogP contribution in [0.4, 0.5) is 0 Å². The predicted molar refractivity (Wildman–Crippen MR) is 71.6 cm³/mol. The second-order valence-electron chi connectivity index (χ2n) is 6.83. The van der Waals surface area contributed by atoms with E-state index in [9.17, 15) is 9.59 Å². The number of rotatable bonds is 4. The third-order valence-electron chi connectivity index (χ3n) is 5.49. The zero-order chi connectivity index (χ0) is 13.6. The third kappa shape index (κ3) is 2.47. The molecule has 0 aliphatic heterocycles. The minimum atomic E-state index is -0.898. The molecule has 3 nitrogen and oxygen atoms in total. The topological polar surface area (TPSA) is 54.4 Å². The molecule has 19 heavy (non-hydrogen) atoms. The third-order valence-corrected chi connectivity index (χ3v) is 5.49. The Bertz CT molecular complexity index is 407. The summed E-state index contributed by atoms with van der Waals surface area (Å²) in [6.07, 6.45) is 8.53. The molecule has 0 aromatic heterocycles. The van der Waals surface area contributed by atoms with Gasteiger partial charge in [-0.3, -0.25) is 9.59 Å². The summed E-state index contributed by atoms with van der Waals surface area (Å²) in [7, 11) is 0. The predicted octanol–water partition coefficient (Wildman–Crippen LogP) is 3.05. The van der Waals surface area contributed by atoms with Crippen LogP contribution in [0.3, 0.4) is 0 Å². The summed E-state index contributed by atoms with van der Waals surface area (Å²) in [5.74, 6) is 2.73. The monoisotopic (exact) mass is 262 g/mol. The average Bonchev–Trinajstić information content (AvgIpc) is 2.30. The lowest BCUT2D eigenvalue weighted by atomic mass is 9.51. The van der Waals surface area contributed by atoms with Crippen molar-refractivity contribution in [2.45, 2.75) is 45.4 Å². The van der Waals surface area contributed by atoms with E-state index in [1.54, 1.807) is 0 Å². The average molecular weight is 262 g/mol. The van der Waals surface area contributed by atoms with Crippen LogP contribution in [0.2, 0.25) is 0 Å². The molecule has 4 aliphatic carbocycles. The second-order valence-corrected chi connectivity index (χ2v) is 6.83. The maximum atomic E-state index is 11.6. The van der Waals surface area contributed by atoms with Crippen LogP contribution >= 0.6 is 0 Å². The second kappa shape index (κ2) is 4.77. The number of aliphatic carboxylic acids is 1. The van der Waals surface area contributed by atoms with Crippen molar-refractivity contribution >= 4 is 11.8 Å². The minimum Gasteiger partial charge on any atom is -0.481 e. The van der Waals surface area contributed by atoms with Crippen molar-refractivity contribution in [1.82, 2.24) is 0 Å². The Kier molecular flexibility index (Phi) is 3.23. The van der Waals surface area contributed by atoms with E-state index in [-0.39, 0.29) is 12.2 Å². The number of hydrogen-bond donors (Lipinski definition) is 1. The van der Waals surface area contributed by atoms with Crippen LogP contribution < -0.4 is 0 Å². The maximum absolute atomic E-state index is 11.6. The molecular weight excluding hydrogens is 240 g/mol. The number of carboxylic acid groups (broad SMARTS) is 1. The number of carbonyl (C=O) groups is 2. The molecule has 4 fully saturated rings. The van der Waals surface area contributed by atoms with Gasteiger partial charge in [0.15, 0.2) is 5.78 Å². The standard InChI is InChI=1S/C16H22O3/c1-9(17)12(8-16(18)19)7-15-13-3-10-2-11(5-13)6-14(15)4-10/h7,10-11,13-15H,2-6,8H2,1H3,(H,18,19)/b12-7+. The van der Waals surface area contributed by atoms with Crippen LogP contribution in [0.5, 0.6) is 0 Å². The zero-order valence-electron chi connectivity index (χ0n) is 11.5. The number of hydrogen-bond acceptors (Lipinski definition) is 2. The van der Waals surface area contributed by atoms with Crippen LogP contribution in [-0.4, -0.2) is 16.9 Å². The first-order chi connectivity index (χ1) is 9.02. The SMILES string of the molecule is CC(=O)/C(=C/C1C2CC3CC(C2)CC1C3)CC(=O)O. The molecule has 0 atom stereocenters.